The molecule has 0 aromatic heterocycles. The number of amides is 3. The summed E-state index contributed by atoms with van der Waals surface area (Å²) in [6.07, 6.45) is 1.60. The summed E-state index contributed by atoms with van der Waals surface area (Å²) in [6, 6.07) is 15.9. The number of imide groups is 1. The second kappa shape index (κ2) is 10.3. The summed E-state index contributed by atoms with van der Waals surface area (Å²) >= 11 is 0. The van der Waals surface area contributed by atoms with Crippen LogP contribution in [0.4, 0.5) is 0 Å². The van der Waals surface area contributed by atoms with E-state index in [4.69, 9.17) is 5.73 Å². The number of nitrogens with two attached hydrogens (primary N) is 1. The first-order chi connectivity index (χ1) is 17.0. The van der Waals surface area contributed by atoms with Crippen molar-refractivity contribution in [2.24, 2.45) is 11.7 Å². The van der Waals surface area contributed by atoms with E-state index >= 15 is 0 Å². The summed E-state index contributed by atoms with van der Waals surface area (Å²) in [5.41, 5.74) is 10.3. The van der Waals surface area contributed by atoms with Crippen LogP contribution in [0.5, 0.6) is 0 Å². The summed E-state index contributed by atoms with van der Waals surface area (Å²) in [5.74, 6) is -0.452. The highest BCUT2D eigenvalue weighted by molar-refractivity contribution is 6.05. The zero-order chi connectivity index (χ0) is 24.4. The minimum Gasteiger partial charge on any atom is -0.327 e. The van der Waals surface area contributed by atoms with Gasteiger partial charge in [0.05, 0.1) is 0 Å². The second-order valence-corrected chi connectivity index (χ2v) is 9.92. The summed E-state index contributed by atoms with van der Waals surface area (Å²) < 4.78 is 0. The van der Waals surface area contributed by atoms with Gasteiger partial charge in [0.15, 0.2) is 0 Å². The molecule has 0 radical (unpaired) electrons. The van der Waals surface area contributed by atoms with Crippen molar-refractivity contribution in [2.75, 3.05) is 19.6 Å². The maximum absolute atomic E-state index is 13.3. The van der Waals surface area contributed by atoms with Gasteiger partial charge in [-0.25, -0.2) is 0 Å². The molecule has 5 rings (SSSR count). The first-order valence-corrected chi connectivity index (χ1v) is 12.5. The number of nitrogens with one attached hydrogen (secondary N) is 2. The molecule has 8 nitrogen and oxygen atoms in total. The Hall–Kier alpha value is -3.07. The van der Waals surface area contributed by atoms with Crippen LogP contribution in [-0.4, -0.2) is 59.2 Å². The molecule has 2 saturated heterocycles. The van der Waals surface area contributed by atoms with Crippen molar-refractivity contribution in [2.45, 2.75) is 51.0 Å². The highest BCUT2D eigenvalue weighted by Gasteiger charge is 2.40. The van der Waals surface area contributed by atoms with Crippen molar-refractivity contribution < 1.29 is 14.4 Å². The lowest BCUT2D eigenvalue weighted by atomic mass is 9.92. The van der Waals surface area contributed by atoms with E-state index in [1.807, 2.05) is 24.3 Å². The van der Waals surface area contributed by atoms with Crippen molar-refractivity contribution in [1.82, 2.24) is 20.4 Å². The Morgan fingerprint density at radius 1 is 1.03 bits per heavy atom. The van der Waals surface area contributed by atoms with Gasteiger partial charge in [-0.1, -0.05) is 48.5 Å². The Kier molecular flexibility index (Phi) is 6.95. The second-order valence-electron chi connectivity index (χ2n) is 9.92. The Morgan fingerprint density at radius 2 is 1.86 bits per heavy atom. The maximum atomic E-state index is 13.3. The number of likely N-dealkylation sites (tertiary alicyclic amines) is 1. The zero-order valence-electron chi connectivity index (χ0n) is 19.9. The molecule has 2 aromatic rings. The Bertz CT molecular complexity index is 1110. The van der Waals surface area contributed by atoms with Gasteiger partial charge in [-0.2, -0.15) is 0 Å². The fourth-order valence-corrected chi connectivity index (χ4v) is 5.56. The Labute approximate surface area is 205 Å². The number of hydrogen-bond donors (Lipinski definition) is 3. The quantitative estimate of drug-likeness (QED) is 0.523. The molecule has 35 heavy (non-hydrogen) atoms. The molecule has 0 aliphatic carbocycles. The number of fused-ring (bicyclic) bond motifs is 1. The molecule has 3 amide bonds. The van der Waals surface area contributed by atoms with Crippen molar-refractivity contribution in [3.8, 4) is 0 Å². The van der Waals surface area contributed by atoms with Gasteiger partial charge in [0.1, 0.15) is 6.04 Å². The molecular weight excluding hydrogens is 442 g/mol. The van der Waals surface area contributed by atoms with Gasteiger partial charge in [0.25, 0.3) is 5.91 Å². The summed E-state index contributed by atoms with van der Waals surface area (Å²) in [6.45, 7) is 4.62. The lowest BCUT2D eigenvalue weighted by molar-refractivity contribution is -0.136. The molecule has 0 saturated carbocycles. The Balaban J connectivity index is 1.19. The van der Waals surface area contributed by atoms with E-state index in [0.29, 0.717) is 31.0 Å². The summed E-state index contributed by atoms with van der Waals surface area (Å²) in [5, 5.41) is 5.91. The topological polar surface area (TPSA) is 108 Å². The van der Waals surface area contributed by atoms with Crippen LogP contribution < -0.4 is 16.4 Å². The van der Waals surface area contributed by atoms with Crippen LogP contribution in [0.1, 0.15) is 46.3 Å². The molecule has 2 aromatic carbocycles. The normalized spacial score (nSPS) is 25.0. The molecule has 3 atom stereocenters. The maximum Gasteiger partial charge on any atom is 0.255 e. The average Bonchev–Trinajstić information content (AvgIpc) is 3.18. The molecule has 0 bridgehead atoms. The van der Waals surface area contributed by atoms with Gasteiger partial charge in [0, 0.05) is 50.7 Å². The van der Waals surface area contributed by atoms with E-state index in [-0.39, 0.29) is 30.2 Å². The highest BCUT2D eigenvalue weighted by Crippen LogP contribution is 2.30. The van der Waals surface area contributed by atoms with Gasteiger partial charge < -0.3 is 16.0 Å². The Morgan fingerprint density at radius 3 is 2.66 bits per heavy atom. The summed E-state index contributed by atoms with van der Waals surface area (Å²) in [4.78, 5) is 41.2. The molecular formula is C27H33N5O3. The SMILES string of the molecule is N[C@@H]1CCN(Cc2ccccc2)C[C@H]1CNCc1cccc2c1C(=O)N(C1CCC(=O)NC1=O)C2. The first kappa shape index (κ1) is 23.7. The van der Waals surface area contributed by atoms with Gasteiger partial charge >= 0.3 is 0 Å². The van der Waals surface area contributed by atoms with Gasteiger partial charge in [-0.15, -0.1) is 0 Å². The van der Waals surface area contributed by atoms with Crippen molar-refractivity contribution in [1.29, 1.82) is 0 Å². The number of carbonyl (C=O) groups is 3. The fraction of sp³-hybridized carbons (Fsp3) is 0.444. The molecule has 184 valence electrons. The predicted octanol–water partition coefficient (Wildman–Crippen LogP) is 1.39. The monoisotopic (exact) mass is 475 g/mol. The standard InChI is InChI=1S/C27H33N5O3/c28-22-11-12-31(15-18-5-2-1-3-6-18)16-21(22)14-29-13-19-7-4-8-20-17-32(27(35)25(19)20)23-9-10-24(33)30-26(23)34/h1-8,21-23,29H,9-17,28H2,(H,30,33,34)/t21-,22-,23?/m1/s1. The van der Waals surface area contributed by atoms with Gasteiger partial charge in [-0.05, 0) is 42.0 Å². The van der Waals surface area contributed by atoms with Crippen molar-refractivity contribution in [3.63, 3.8) is 0 Å². The number of carbonyl (C=O) groups excluding carboxylic acids is 3. The number of benzene rings is 2. The third-order valence-corrected chi connectivity index (χ3v) is 7.49. The van der Waals surface area contributed by atoms with Gasteiger partial charge in [-0.3, -0.25) is 24.6 Å². The lowest BCUT2D eigenvalue weighted by Crippen LogP contribution is -2.52. The van der Waals surface area contributed by atoms with Crippen LogP contribution >= 0.6 is 0 Å². The number of nitrogens with zero attached hydrogens (tertiary/aromatic N) is 2. The molecule has 2 fully saturated rings. The van der Waals surface area contributed by atoms with E-state index in [0.717, 1.165) is 43.7 Å². The third-order valence-electron chi connectivity index (χ3n) is 7.49. The average molecular weight is 476 g/mol. The minimum absolute atomic E-state index is 0.129. The highest BCUT2D eigenvalue weighted by atomic mass is 16.2. The molecule has 3 aliphatic heterocycles. The predicted molar refractivity (Wildman–Crippen MR) is 132 cm³/mol. The minimum atomic E-state index is -0.593. The smallest absolute Gasteiger partial charge is 0.255 e. The van der Waals surface area contributed by atoms with Crippen molar-refractivity contribution in [3.05, 3.63) is 70.8 Å². The fourth-order valence-electron chi connectivity index (χ4n) is 5.56. The molecule has 8 heteroatoms. The number of hydrogen-bond acceptors (Lipinski definition) is 6. The molecule has 4 N–H and O–H groups in total. The van der Waals surface area contributed by atoms with E-state index in [2.05, 4.69) is 39.8 Å². The largest absolute Gasteiger partial charge is 0.327 e. The van der Waals surface area contributed by atoms with E-state index < -0.39 is 6.04 Å². The lowest BCUT2D eigenvalue weighted by Gasteiger charge is -2.37. The van der Waals surface area contributed by atoms with Crippen LogP contribution in [0.3, 0.4) is 0 Å². The molecule has 3 aliphatic rings. The number of rotatable bonds is 7. The van der Waals surface area contributed by atoms with Crippen LogP contribution in [0.15, 0.2) is 48.5 Å². The van der Waals surface area contributed by atoms with Crippen molar-refractivity contribution >= 4 is 17.7 Å². The van der Waals surface area contributed by atoms with Crippen LogP contribution in [0.2, 0.25) is 0 Å². The first-order valence-electron chi connectivity index (χ1n) is 12.5. The molecule has 3 heterocycles. The van der Waals surface area contributed by atoms with Crippen LogP contribution in [0.25, 0.3) is 0 Å². The van der Waals surface area contributed by atoms with Crippen LogP contribution in [0, 0.1) is 5.92 Å². The molecule has 0 spiro atoms. The summed E-state index contributed by atoms with van der Waals surface area (Å²) in [7, 11) is 0. The van der Waals surface area contributed by atoms with E-state index in [1.54, 1.807) is 4.90 Å². The number of piperidine rings is 2. The van der Waals surface area contributed by atoms with E-state index in [1.165, 1.54) is 5.56 Å². The van der Waals surface area contributed by atoms with E-state index in [9.17, 15) is 14.4 Å². The third kappa shape index (κ3) is 5.15. The van der Waals surface area contributed by atoms with Crippen LogP contribution in [-0.2, 0) is 29.2 Å². The zero-order valence-corrected chi connectivity index (χ0v) is 19.9. The molecule has 1 unspecified atom stereocenters. The van der Waals surface area contributed by atoms with Gasteiger partial charge in [0.2, 0.25) is 11.8 Å².